The van der Waals surface area contributed by atoms with Gasteiger partial charge in [-0.2, -0.15) is 0 Å². The zero-order valence-electron chi connectivity index (χ0n) is 15.0. The van der Waals surface area contributed by atoms with Crippen molar-refractivity contribution in [2.45, 2.75) is 20.8 Å². The van der Waals surface area contributed by atoms with E-state index in [0.717, 1.165) is 0 Å². The Bertz CT molecular complexity index is 770. The summed E-state index contributed by atoms with van der Waals surface area (Å²) in [6.45, 7) is 5.94. The first kappa shape index (κ1) is 21.5. The summed E-state index contributed by atoms with van der Waals surface area (Å²) in [6.07, 6.45) is 0. The van der Waals surface area contributed by atoms with Gasteiger partial charge in [0.2, 0.25) is 5.82 Å². The highest BCUT2D eigenvalue weighted by Crippen LogP contribution is 2.31. The van der Waals surface area contributed by atoms with Gasteiger partial charge in [0.25, 0.3) is 0 Å². The van der Waals surface area contributed by atoms with E-state index in [0.29, 0.717) is 5.19 Å². The molecule has 2 rings (SSSR count). The summed E-state index contributed by atoms with van der Waals surface area (Å²) in [4.78, 5) is 0. The molecule has 3 nitrogen and oxygen atoms in total. The Balaban J connectivity index is 2.68. The van der Waals surface area contributed by atoms with Crippen LogP contribution in [0.4, 0.5) is 22.0 Å². The van der Waals surface area contributed by atoms with Gasteiger partial charge in [-0.1, -0.05) is 18.2 Å². The second kappa shape index (κ2) is 8.92. The lowest BCUT2D eigenvalue weighted by atomic mass is 10.0. The maximum atomic E-state index is 14.2. The Hall–Kier alpha value is -1.81. The molecule has 0 fully saturated rings. The number of rotatable bonds is 8. The van der Waals surface area contributed by atoms with Crippen molar-refractivity contribution in [1.29, 1.82) is 0 Å². The van der Waals surface area contributed by atoms with E-state index >= 15 is 0 Å². The van der Waals surface area contributed by atoms with Crippen LogP contribution in [-0.4, -0.2) is 28.6 Å². The number of benzene rings is 2. The van der Waals surface area contributed by atoms with Crippen LogP contribution in [0.3, 0.4) is 0 Å². The molecule has 0 unspecified atom stereocenters. The normalized spacial score (nSPS) is 11.9. The first-order chi connectivity index (χ1) is 12.8. The monoisotopic (exact) mass is 406 g/mol. The number of hydrogen-bond donors (Lipinski definition) is 0. The van der Waals surface area contributed by atoms with Crippen LogP contribution in [0.25, 0.3) is 11.1 Å². The van der Waals surface area contributed by atoms with E-state index < -0.39 is 43.5 Å². The highest BCUT2D eigenvalue weighted by molar-refractivity contribution is 6.75. The van der Waals surface area contributed by atoms with Gasteiger partial charge in [-0.25, -0.2) is 22.0 Å². The van der Waals surface area contributed by atoms with Gasteiger partial charge in [-0.05, 0) is 32.4 Å². The Morgan fingerprint density at radius 1 is 0.704 bits per heavy atom. The van der Waals surface area contributed by atoms with Gasteiger partial charge in [-0.3, -0.25) is 0 Å². The summed E-state index contributed by atoms with van der Waals surface area (Å²) in [5, 5.41) is 0.356. The summed E-state index contributed by atoms with van der Waals surface area (Å²) in [7, 11) is -3.42. The largest absolute Gasteiger partial charge is 0.537 e. The van der Waals surface area contributed by atoms with E-state index in [9.17, 15) is 22.0 Å². The van der Waals surface area contributed by atoms with E-state index in [1.807, 2.05) is 0 Å². The lowest BCUT2D eigenvalue weighted by molar-refractivity contribution is 0.0859. The maximum absolute atomic E-state index is 14.2. The van der Waals surface area contributed by atoms with Gasteiger partial charge < -0.3 is 13.3 Å². The Kier molecular flexibility index (Phi) is 7.10. The van der Waals surface area contributed by atoms with Crippen LogP contribution in [0, 0.1) is 29.1 Å². The van der Waals surface area contributed by atoms with Crippen LogP contribution in [0.2, 0.25) is 0 Å². The predicted molar refractivity (Wildman–Crippen MR) is 91.9 cm³/mol. The van der Waals surface area contributed by atoms with Crippen molar-refractivity contribution in [2.24, 2.45) is 0 Å². The standard InChI is InChI=1S/C18H19F5O3Si/c1-4-24-27(25-5-2,26-6-3)12-9-7-8-11(10-12)13-14(19)16(21)18(23)17(22)15(13)20/h7-10H,4-6H2,1-3H3. The molecule has 2 aromatic carbocycles. The van der Waals surface area contributed by atoms with E-state index in [-0.39, 0.29) is 25.4 Å². The molecule has 0 aromatic heterocycles. The highest BCUT2D eigenvalue weighted by Gasteiger charge is 2.43. The number of halogens is 5. The van der Waals surface area contributed by atoms with Crippen LogP contribution >= 0.6 is 0 Å². The molecule has 0 bridgehead atoms. The maximum Gasteiger partial charge on any atom is 0.537 e. The second-order valence-electron chi connectivity index (χ2n) is 5.38. The summed E-state index contributed by atoms with van der Waals surface area (Å²) in [5.74, 6) is -10.0. The van der Waals surface area contributed by atoms with Crippen molar-refractivity contribution in [3.8, 4) is 11.1 Å². The first-order valence-electron chi connectivity index (χ1n) is 8.37. The molecule has 0 amide bonds. The SMILES string of the molecule is CCO[Si](OCC)(OCC)c1cccc(-c2c(F)c(F)c(F)c(F)c2F)c1. The Morgan fingerprint density at radius 2 is 1.15 bits per heavy atom. The average molecular weight is 406 g/mol. The van der Waals surface area contributed by atoms with E-state index in [1.165, 1.54) is 18.2 Å². The van der Waals surface area contributed by atoms with Crippen molar-refractivity contribution < 1.29 is 35.2 Å². The molecule has 0 atom stereocenters. The predicted octanol–water partition coefficient (Wildman–Crippen LogP) is 4.30. The first-order valence-corrected chi connectivity index (χ1v) is 10.1. The number of hydrogen-bond acceptors (Lipinski definition) is 3. The summed E-state index contributed by atoms with van der Waals surface area (Å²) in [6, 6.07) is 5.50. The van der Waals surface area contributed by atoms with Crippen LogP contribution < -0.4 is 5.19 Å². The van der Waals surface area contributed by atoms with Gasteiger partial charge in [0.15, 0.2) is 23.3 Å². The summed E-state index contributed by atoms with van der Waals surface area (Å²) >= 11 is 0. The Morgan fingerprint density at radius 3 is 1.59 bits per heavy atom. The van der Waals surface area contributed by atoms with Crippen LogP contribution in [0.1, 0.15) is 20.8 Å². The van der Waals surface area contributed by atoms with Gasteiger partial charge in [0, 0.05) is 25.0 Å². The molecule has 2 aromatic rings. The molecular formula is C18H19F5O3Si. The van der Waals surface area contributed by atoms with Crippen LogP contribution in [0.5, 0.6) is 0 Å². The topological polar surface area (TPSA) is 27.7 Å². The van der Waals surface area contributed by atoms with E-state index in [1.54, 1.807) is 26.8 Å². The molecule has 0 radical (unpaired) electrons. The molecular weight excluding hydrogens is 387 g/mol. The van der Waals surface area contributed by atoms with E-state index in [2.05, 4.69) is 0 Å². The Labute approximate surface area is 155 Å². The molecule has 0 spiro atoms. The third kappa shape index (κ3) is 4.05. The molecule has 0 aliphatic heterocycles. The molecule has 0 saturated heterocycles. The minimum Gasteiger partial charge on any atom is -0.370 e. The quantitative estimate of drug-likeness (QED) is 0.283. The minimum atomic E-state index is -3.42. The average Bonchev–Trinajstić information content (AvgIpc) is 2.66. The van der Waals surface area contributed by atoms with Crippen LogP contribution in [0.15, 0.2) is 24.3 Å². The van der Waals surface area contributed by atoms with Gasteiger partial charge in [0.1, 0.15) is 0 Å². The molecule has 9 heteroatoms. The third-order valence-corrected chi connectivity index (χ3v) is 6.74. The van der Waals surface area contributed by atoms with E-state index in [4.69, 9.17) is 13.3 Å². The van der Waals surface area contributed by atoms with Crippen molar-refractivity contribution >= 4 is 14.0 Å². The van der Waals surface area contributed by atoms with Gasteiger partial charge in [-0.15, -0.1) is 0 Å². The van der Waals surface area contributed by atoms with Crippen molar-refractivity contribution in [2.75, 3.05) is 19.8 Å². The second-order valence-corrected chi connectivity index (χ2v) is 7.94. The molecule has 0 heterocycles. The van der Waals surface area contributed by atoms with Crippen molar-refractivity contribution in [3.05, 3.63) is 53.4 Å². The third-order valence-electron chi connectivity index (χ3n) is 3.72. The summed E-state index contributed by atoms with van der Waals surface area (Å²) < 4.78 is 85.9. The molecule has 0 N–H and O–H groups in total. The summed E-state index contributed by atoms with van der Waals surface area (Å²) in [5.41, 5.74) is -1.21. The lowest BCUT2D eigenvalue weighted by Crippen LogP contribution is -2.56. The molecule has 0 saturated carbocycles. The van der Waals surface area contributed by atoms with Gasteiger partial charge in [0.05, 0.1) is 5.56 Å². The molecule has 148 valence electrons. The lowest BCUT2D eigenvalue weighted by Gasteiger charge is -2.29. The van der Waals surface area contributed by atoms with Gasteiger partial charge >= 0.3 is 8.80 Å². The van der Waals surface area contributed by atoms with Crippen molar-refractivity contribution in [3.63, 3.8) is 0 Å². The smallest absolute Gasteiger partial charge is 0.370 e. The molecule has 0 aliphatic rings. The zero-order valence-corrected chi connectivity index (χ0v) is 16.0. The minimum absolute atomic E-state index is 0.198. The van der Waals surface area contributed by atoms with Crippen molar-refractivity contribution in [1.82, 2.24) is 0 Å². The fourth-order valence-corrected chi connectivity index (χ4v) is 5.19. The van der Waals surface area contributed by atoms with Crippen LogP contribution in [-0.2, 0) is 13.3 Å². The highest BCUT2D eigenvalue weighted by atomic mass is 28.4. The fourth-order valence-electron chi connectivity index (χ4n) is 2.67. The molecule has 27 heavy (non-hydrogen) atoms. The molecule has 0 aliphatic carbocycles. The zero-order chi connectivity index (χ0) is 20.2. The fraction of sp³-hybridized carbons (Fsp3) is 0.333.